The van der Waals surface area contributed by atoms with Gasteiger partial charge in [-0.15, -0.1) is 0 Å². The van der Waals surface area contributed by atoms with E-state index in [0.29, 0.717) is 55.3 Å². The monoisotopic (exact) mass is 502 g/mol. The number of cyclic esters (lactones) is 1. The first-order chi connectivity index (χ1) is 17.4. The van der Waals surface area contributed by atoms with Crippen molar-refractivity contribution < 1.29 is 43.4 Å². The molecule has 0 aliphatic carbocycles. The number of hydrogen-bond donors (Lipinski definition) is 2. The molecule has 2 aliphatic heterocycles. The maximum absolute atomic E-state index is 12.6. The van der Waals surface area contributed by atoms with Crippen LogP contribution in [0.15, 0.2) is 36.4 Å². The number of esters is 1. The lowest BCUT2D eigenvalue weighted by molar-refractivity contribution is -0.185. The summed E-state index contributed by atoms with van der Waals surface area (Å²) in [6, 6.07) is 11.3. The fraction of sp³-hybridized carbons (Fsp3) is 0.519. The lowest BCUT2D eigenvalue weighted by Crippen LogP contribution is -2.40. The van der Waals surface area contributed by atoms with Gasteiger partial charge in [0.05, 0.1) is 52.7 Å². The molecule has 0 amide bonds. The molecule has 0 saturated carbocycles. The largest absolute Gasteiger partial charge is 0.493 e. The van der Waals surface area contributed by atoms with Gasteiger partial charge in [-0.25, -0.2) is 0 Å². The molecule has 196 valence electrons. The molecule has 2 aromatic carbocycles. The van der Waals surface area contributed by atoms with Crippen molar-refractivity contribution in [1.82, 2.24) is 0 Å². The van der Waals surface area contributed by atoms with Crippen LogP contribution < -0.4 is 18.9 Å². The highest BCUT2D eigenvalue weighted by Gasteiger charge is 2.37. The predicted molar refractivity (Wildman–Crippen MR) is 130 cm³/mol. The maximum atomic E-state index is 12.6. The highest BCUT2D eigenvalue weighted by molar-refractivity contribution is 5.75. The van der Waals surface area contributed by atoms with Crippen LogP contribution in [0.1, 0.15) is 24.0 Å². The summed E-state index contributed by atoms with van der Waals surface area (Å²) in [7, 11) is 4.74. The lowest BCUT2D eigenvalue weighted by atomic mass is 9.85. The number of ether oxygens (including phenoxy) is 6. The maximum Gasteiger partial charge on any atom is 0.309 e. The molecule has 2 fully saturated rings. The highest BCUT2D eigenvalue weighted by atomic mass is 16.7. The third kappa shape index (κ3) is 6.03. The van der Waals surface area contributed by atoms with E-state index in [1.54, 1.807) is 27.4 Å². The topological polar surface area (TPSA) is 113 Å². The first kappa shape index (κ1) is 26.1. The van der Waals surface area contributed by atoms with E-state index in [4.69, 9.17) is 28.4 Å². The van der Waals surface area contributed by atoms with Gasteiger partial charge in [0, 0.05) is 18.8 Å². The van der Waals surface area contributed by atoms with Gasteiger partial charge in [-0.05, 0) is 48.2 Å². The van der Waals surface area contributed by atoms with Gasteiger partial charge in [0.2, 0.25) is 6.29 Å². The fourth-order valence-corrected chi connectivity index (χ4v) is 4.84. The van der Waals surface area contributed by atoms with Gasteiger partial charge in [0.25, 0.3) is 0 Å². The van der Waals surface area contributed by atoms with E-state index in [2.05, 4.69) is 0 Å². The molecule has 36 heavy (non-hydrogen) atoms. The number of aliphatic hydroxyl groups excluding tert-OH is 2. The van der Waals surface area contributed by atoms with Crippen molar-refractivity contribution in [2.24, 2.45) is 11.8 Å². The van der Waals surface area contributed by atoms with Crippen LogP contribution in [0.2, 0.25) is 0 Å². The molecule has 0 radical (unpaired) electrons. The number of methoxy groups -OCH3 is 3. The van der Waals surface area contributed by atoms with Gasteiger partial charge in [0.1, 0.15) is 0 Å². The molecule has 0 unspecified atom stereocenters. The SMILES string of the molecule is COc1ccc(C[C@H]2COC(=O)[C@@H]2Cc2ccc(O[C@H]3C[C@@H](O)C[C@@H](CO)O3)c(OC)c2)cc1OC. The molecule has 5 atom stereocenters. The summed E-state index contributed by atoms with van der Waals surface area (Å²) in [5, 5.41) is 19.4. The lowest BCUT2D eigenvalue weighted by Gasteiger charge is -2.32. The first-order valence-corrected chi connectivity index (χ1v) is 12.1. The molecular weight excluding hydrogens is 468 g/mol. The molecule has 2 heterocycles. The second-order valence-electron chi connectivity index (χ2n) is 9.19. The van der Waals surface area contributed by atoms with Crippen LogP contribution in [0.4, 0.5) is 0 Å². The Morgan fingerprint density at radius 1 is 0.889 bits per heavy atom. The summed E-state index contributed by atoms with van der Waals surface area (Å²) >= 11 is 0. The van der Waals surface area contributed by atoms with Crippen LogP contribution in [-0.4, -0.2) is 69.2 Å². The van der Waals surface area contributed by atoms with Crippen LogP contribution in [0.25, 0.3) is 0 Å². The molecule has 2 aliphatic rings. The minimum Gasteiger partial charge on any atom is -0.493 e. The van der Waals surface area contributed by atoms with Crippen molar-refractivity contribution in [3.05, 3.63) is 47.5 Å². The number of hydrogen-bond acceptors (Lipinski definition) is 9. The second-order valence-corrected chi connectivity index (χ2v) is 9.19. The number of benzene rings is 2. The molecule has 9 heteroatoms. The van der Waals surface area contributed by atoms with Gasteiger partial charge >= 0.3 is 5.97 Å². The predicted octanol–water partition coefficient (Wildman–Crippen LogP) is 2.52. The molecule has 0 spiro atoms. The number of carbonyl (C=O) groups is 1. The van der Waals surface area contributed by atoms with E-state index in [1.165, 1.54) is 0 Å². The molecule has 0 aromatic heterocycles. The fourth-order valence-electron chi connectivity index (χ4n) is 4.84. The average Bonchev–Trinajstić information content (AvgIpc) is 3.22. The number of rotatable bonds is 10. The Labute approximate surface area is 210 Å². The Kier molecular flexibility index (Phi) is 8.56. The zero-order valence-electron chi connectivity index (χ0n) is 20.8. The molecule has 2 N–H and O–H groups in total. The minimum atomic E-state index is -0.693. The van der Waals surface area contributed by atoms with Crippen molar-refractivity contribution in [2.45, 2.75) is 44.2 Å². The van der Waals surface area contributed by atoms with Gasteiger partial charge in [-0.1, -0.05) is 12.1 Å². The Balaban J connectivity index is 1.45. The van der Waals surface area contributed by atoms with Crippen molar-refractivity contribution in [3.8, 4) is 23.0 Å². The summed E-state index contributed by atoms with van der Waals surface area (Å²) in [5.41, 5.74) is 1.95. The molecular formula is C27H34O9. The molecule has 2 aromatic rings. The Morgan fingerprint density at radius 3 is 2.19 bits per heavy atom. The van der Waals surface area contributed by atoms with E-state index in [9.17, 15) is 15.0 Å². The van der Waals surface area contributed by atoms with Gasteiger partial charge < -0.3 is 38.6 Å². The molecule has 0 bridgehead atoms. The minimum absolute atomic E-state index is 0.0186. The smallest absolute Gasteiger partial charge is 0.309 e. The normalized spacial score (nSPS) is 25.8. The molecule has 4 rings (SSSR count). The summed E-state index contributed by atoms with van der Waals surface area (Å²) < 4.78 is 33.3. The van der Waals surface area contributed by atoms with E-state index in [1.807, 2.05) is 30.3 Å². The zero-order chi connectivity index (χ0) is 25.7. The highest BCUT2D eigenvalue weighted by Crippen LogP contribution is 2.36. The van der Waals surface area contributed by atoms with Crippen LogP contribution in [0.5, 0.6) is 23.0 Å². The summed E-state index contributed by atoms with van der Waals surface area (Å²) in [6.07, 6.45) is 0.0614. The van der Waals surface area contributed by atoms with Gasteiger partial charge in [-0.3, -0.25) is 4.79 Å². The average molecular weight is 503 g/mol. The van der Waals surface area contributed by atoms with Gasteiger partial charge in [-0.2, -0.15) is 0 Å². The quantitative estimate of drug-likeness (QED) is 0.473. The second kappa shape index (κ2) is 11.8. The van der Waals surface area contributed by atoms with Crippen molar-refractivity contribution in [3.63, 3.8) is 0 Å². The number of aliphatic hydroxyl groups is 2. The van der Waals surface area contributed by atoms with Crippen LogP contribution >= 0.6 is 0 Å². The van der Waals surface area contributed by atoms with Crippen molar-refractivity contribution in [2.75, 3.05) is 34.5 Å². The van der Waals surface area contributed by atoms with Crippen LogP contribution in [-0.2, 0) is 27.1 Å². The van der Waals surface area contributed by atoms with Gasteiger partial charge in [0.15, 0.2) is 23.0 Å². The molecule has 2 saturated heterocycles. The Hall–Kier alpha value is -3.01. The van der Waals surface area contributed by atoms with E-state index in [-0.39, 0.29) is 24.4 Å². The van der Waals surface area contributed by atoms with Crippen molar-refractivity contribution in [1.29, 1.82) is 0 Å². The molecule has 9 nitrogen and oxygen atoms in total. The number of carbonyl (C=O) groups excluding carboxylic acids is 1. The first-order valence-electron chi connectivity index (χ1n) is 12.1. The van der Waals surface area contributed by atoms with E-state index < -0.39 is 18.5 Å². The van der Waals surface area contributed by atoms with E-state index >= 15 is 0 Å². The standard InChI is InChI=1S/C27H34O9/c1-31-22-6-4-16(10-24(22)32-2)8-18-15-34-27(30)21(18)9-17-5-7-23(25(11-17)33-3)36-26-13-19(29)12-20(14-28)35-26/h4-7,10-11,18-21,26,28-29H,8-9,12-15H2,1-3H3/t18-,19-,20-,21+,26-/m0/s1. The Bertz CT molecular complexity index is 1040. The van der Waals surface area contributed by atoms with Crippen LogP contribution in [0.3, 0.4) is 0 Å². The summed E-state index contributed by atoms with van der Waals surface area (Å²) in [4.78, 5) is 12.6. The third-order valence-corrected chi connectivity index (χ3v) is 6.75. The van der Waals surface area contributed by atoms with Crippen molar-refractivity contribution >= 4 is 5.97 Å². The third-order valence-electron chi connectivity index (χ3n) is 6.75. The summed E-state index contributed by atoms with van der Waals surface area (Å²) in [6.45, 7) is 0.179. The van der Waals surface area contributed by atoms with Crippen LogP contribution in [0, 0.1) is 11.8 Å². The Morgan fingerprint density at radius 2 is 1.53 bits per heavy atom. The summed E-state index contributed by atoms with van der Waals surface area (Å²) in [5.74, 6) is 1.79. The zero-order valence-corrected chi connectivity index (χ0v) is 20.8. The van der Waals surface area contributed by atoms with E-state index in [0.717, 1.165) is 11.1 Å².